The Morgan fingerprint density at radius 1 is 1.31 bits per heavy atom. The Bertz CT molecular complexity index is 465. The minimum Gasteiger partial charge on any atom is -0.294 e. The van der Waals surface area contributed by atoms with Gasteiger partial charge in [-0.05, 0) is 25.1 Å². The first-order valence-corrected chi connectivity index (χ1v) is 3.99. The summed E-state index contributed by atoms with van der Waals surface area (Å²) in [5.41, 5.74) is 2.17. The zero-order valence-electron chi connectivity index (χ0n) is 7.19. The summed E-state index contributed by atoms with van der Waals surface area (Å²) < 4.78 is 0. The van der Waals surface area contributed by atoms with Crippen molar-refractivity contribution in [1.29, 1.82) is 0 Å². The predicted octanol–water partition coefficient (Wildman–Crippen LogP) is 1.83. The molecule has 0 bridgehead atoms. The summed E-state index contributed by atoms with van der Waals surface area (Å²) in [6.45, 7) is 1.52. The van der Waals surface area contributed by atoms with E-state index in [1.165, 1.54) is 6.92 Å². The van der Waals surface area contributed by atoms with E-state index in [4.69, 9.17) is 0 Å². The lowest BCUT2D eigenvalue weighted by Crippen LogP contribution is -1.93. The number of hydrogen-bond acceptors (Lipinski definition) is 3. The van der Waals surface area contributed by atoms with Gasteiger partial charge in [0.2, 0.25) is 0 Å². The number of carbonyl (C=O) groups excluding carboxylic acids is 1. The van der Waals surface area contributed by atoms with Gasteiger partial charge in [0.1, 0.15) is 0 Å². The number of ketones is 1. The quantitative estimate of drug-likeness (QED) is 0.616. The maximum Gasteiger partial charge on any atom is 0.161 e. The van der Waals surface area contributed by atoms with Crippen LogP contribution < -0.4 is 0 Å². The third kappa shape index (κ3) is 1.40. The lowest BCUT2D eigenvalue weighted by molar-refractivity contribution is 0.101. The predicted molar refractivity (Wildman–Crippen MR) is 49.5 cm³/mol. The Kier molecular flexibility index (Phi) is 1.77. The average Bonchev–Trinajstić information content (AvgIpc) is 2.17. The lowest BCUT2D eigenvalue weighted by atomic mass is 10.2. The van der Waals surface area contributed by atoms with Crippen LogP contribution in [-0.2, 0) is 0 Å². The molecular weight excluding hydrogens is 164 g/mol. The molecule has 3 heteroatoms. The highest BCUT2D eigenvalue weighted by atomic mass is 16.1. The highest BCUT2D eigenvalue weighted by Gasteiger charge is 2.01. The first-order valence-electron chi connectivity index (χ1n) is 3.99. The Morgan fingerprint density at radius 2 is 2.15 bits per heavy atom. The fourth-order valence-corrected chi connectivity index (χ4v) is 1.15. The summed E-state index contributed by atoms with van der Waals surface area (Å²) in [5, 5.41) is 0. The van der Waals surface area contributed by atoms with Gasteiger partial charge in [0, 0.05) is 18.0 Å². The molecule has 2 aromatic rings. The zero-order chi connectivity index (χ0) is 9.26. The minimum atomic E-state index is 0.0139. The van der Waals surface area contributed by atoms with Crippen LogP contribution in [-0.4, -0.2) is 15.8 Å². The molecule has 2 rings (SSSR count). The largest absolute Gasteiger partial charge is 0.294 e. The number of aromatic nitrogens is 2. The van der Waals surface area contributed by atoms with E-state index in [2.05, 4.69) is 9.97 Å². The number of pyridine rings is 2. The van der Waals surface area contributed by atoms with Gasteiger partial charge in [-0.25, -0.2) is 0 Å². The second-order valence-corrected chi connectivity index (χ2v) is 2.82. The van der Waals surface area contributed by atoms with E-state index in [1.54, 1.807) is 18.5 Å². The molecule has 0 amide bonds. The molecule has 2 aromatic heterocycles. The third-order valence-corrected chi connectivity index (χ3v) is 1.86. The van der Waals surface area contributed by atoms with Gasteiger partial charge in [0.25, 0.3) is 0 Å². The van der Waals surface area contributed by atoms with Crippen LogP contribution in [0, 0.1) is 0 Å². The SMILES string of the molecule is CC(=O)c1cnc2cccnc2c1. The Hall–Kier alpha value is -1.77. The maximum atomic E-state index is 11.0. The molecule has 0 saturated heterocycles. The van der Waals surface area contributed by atoms with Crippen molar-refractivity contribution in [2.75, 3.05) is 0 Å². The number of nitrogens with zero attached hydrogens (tertiary/aromatic N) is 2. The van der Waals surface area contributed by atoms with Crippen molar-refractivity contribution < 1.29 is 4.79 Å². The molecule has 0 unspecified atom stereocenters. The van der Waals surface area contributed by atoms with Crippen LogP contribution in [0.3, 0.4) is 0 Å². The summed E-state index contributed by atoms with van der Waals surface area (Å²) in [6.07, 6.45) is 3.26. The van der Waals surface area contributed by atoms with Crippen molar-refractivity contribution in [3.63, 3.8) is 0 Å². The maximum absolute atomic E-state index is 11.0. The van der Waals surface area contributed by atoms with E-state index in [0.717, 1.165) is 11.0 Å². The van der Waals surface area contributed by atoms with Gasteiger partial charge in [-0.1, -0.05) is 0 Å². The highest BCUT2D eigenvalue weighted by Crippen LogP contribution is 2.09. The fraction of sp³-hybridized carbons (Fsp3) is 0.100. The van der Waals surface area contributed by atoms with Crippen LogP contribution in [0.25, 0.3) is 11.0 Å². The molecular formula is C10H8N2O. The standard InChI is InChI=1S/C10H8N2O/c1-7(13)8-5-10-9(12-6-8)3-2-4-11-10/h2-6H,1H3. The number of rotatable bonds is 1. The van der Waals surface area contributed by atoms with Crippen molar-refractivity contribution in [2.45, 2.75) is 6.92 Å². The van der Waals surface area contributed by atoms with Gasteiger partial charge in [-0.2, -0.15) is 0 Å². The third-order valence-electron chi connectivity index (χ3n) is 1.86. The van der Waals surface area contributed by atoms with E-state index in [1.807, 2.05) is 12.1 Å². The summed E-state index contributed by atoms with van der Waals surface area (Å²) in [4.78, 5) is 19.2. The van der Waals surface area contributed by atoms with Gasteiger partial charge < -0.3 is 0 Å². The molecule has 0 radical (unpaired) electrons. The van der Waals surface area contributed by atoms with Gasteiger partial charge >= 0.3 is 0 Å². The Morgan fingerprint density at radius 3 is 2.92 bits per heavy atom. The summed E-state index contributed by atoms with van der Waals surface area (Å²) in [5.74, 6) is 0.0139. The Labute approximate surface area is 75.4 Å². The summed E-state index contributed by atoms with van der Waals surface area (Å²) in [7, 11) is 0. The molecule has 64 valence electrons. The minimum absolute atomic E-state index is 0.0139. The van der Waals surface area contributed by atoms with Crippen LogP contribution >= 0.6 is 0 Å². The molecule has 13 heavy (non-hydrogen) atoms. The summed E-state index contributed by atoms with van der Waals surface area (Å²) >= 11 is 0. The molecule has 0 aliphatic rings. The molecule has 0 atom stereocenters. The first-order chi connectivity index (χ1) is 6.27. The lowest BCUT2D eigenvalue weighted by Gasteiger charge is -1.97. The van der Waals surface area contributed by atoms with Crippen LogP contribution in [0.2, 0.25) is 0 Å². The van der Waals surface area contributed by atoms with Crippen molar-refractivity contribution in [3.8, 4) is 0 Å². The number of fused-ring (bicyclic) bond motifs is 1. The van der Waals surface area contributed by atoms with Crippen LogP contribution in [0.15, 0.2) is 30.6 Å². The highest BCUT2D eigenvalue weighted by molar-refractivity contribution is 5.96. The van der Waals surface area contributed by atoms with Gasteiger partial charge in [0.15, 0.2) is 5.78 Å². The monoisotopic (exact) mass is 172 g/mol. The molecule has 2 heterocycles. The van der Waals surface area contributed by atoms with Crippen molar-refractivity contribution in [2.24, 2.45) is 0 Å². The smallest absolute Gasteiger partial charge is 0.161 e. The second-order valence-electron chi connectivity index (χ2n) is 2.82. The first kappa shape index (κ1) is 7.86. The molecule has 0 aliphatic carbocycles. The van der Waals surface area contributed by atoms with E-state index in [0.29, 0.717) is 5.56 Å². The van der Waals surface area contributed by atoms with E-state index in [9.17, 15) is 4.79 Å². The van der Waals surface area contributed by atoms with E-state index >= 15 is 0 Å². The molecule has 0 fully saturated rings. The van der Waals surface area contributed by atoms with Gasteiger partial charge in [-0.15, -0.1) is 0 Å². The fourth-order valence-electron chi connectivity index (χ4n) is 1.15. The number of hydrogen-bond donors (Lipinski definition) is 0. The molecule has 0 saturated carbocycles. The van der Waals surface area contributed by atoms with Crippen LogP contribution in [0.5, 0.6) is 0 Å². The molecule has 3 nitrogen and oxygen atoms in total. The Balaban J connectivity index is 2.69. The van der Waals surface area contributed by atoms with E-state index < -0.39 is 0 Å². The van der Waals surface area contributed by atoms with Crippen LogP contribution in [0.4, 0.5) is 0 Å². The van der Waals surface area contributed by atoms with Crippen LogP contribution in [0.1, 0.15) is 17.3 Å². The normalized spacial score (nSPS) is 10.2. The van der Waals surface area contributed by atoms with Crippen molar-refractivity contribution in [3.05, 3.63) is 36.2 Å². The molecule has 0 aromatic carbocycles. The average molecular weight is 172 g/mol. The second kappa shape index (κ2) is 2.94. The van der Waals surface area contributed by atoms with Gasteiger partial charge in [0.05, 0.1) is 11.0 Å². The molecule has 0 aliphatic heterocycles. The summed E-state index contributed by atoms with van der Waals surface area (Å²) in [6, 6.07) is 5.44. The van der Waals surface area contributed by atoms with Crippen molar-refractivity contribution in [1.82, 2.24) is 9.97 Å². The van der Waals surface area contributed by atoms with Gasteiger partial charge in [-0.3, -0.25) is 14.8 Å². The zero-order valence-corrected chi connectivity index (χ0v) is 7.19. The molecule has 0 N–H and O–H groups in total. The number of Topliss-reactive ketones (excluding diaryl/α,β-unsaturated/α-hetero) is 1. The number of carbonyl (C=O) groups is 1. The van der Waals surface area contributed by atoms with Crippen molar-refractivity contribution >= 4 is 16.8 Å². The topological polar surface area (TPSA) is 42.9 Å². The van der Waals surface area contributed by atoms with E-state index in [-0.39, 0.29) is 5.78 Å². The molecule has 0 spiro atoms.